The molecule has 0 unspecified atom stereocenters. The molecule has 0 aliphatic heterocycles. The lowest BCUT2D eigenvalue weighted by Gasteiger charge is -2.18. The lowest BCUT2D eigenvalue weighted by molar-refractivity contribution is 0.667. The predicted molar refractivity (Wildman–Crippen MR) is 294 cm³/mol. The van der Waals surface area contributed by atoms with Crippen LogP contribution in [0.4, 0.5) is 0 Å². The number of rotatable bonds is 7. The molecule has 3 heterocycles. The van der Waals surface area contributed by atoms with E-state index in [1.165, 1.54) is 0 Å². The average Bonchev–Trinajstić information content (AvgIpc) is 4.11. The predicted octanol–water partition coefficient (Wildman–Crippen LogP) is 18.0. The second kappa shape index (κ2) is 16.2. The van der Waals surface area contributed by atoms with Crippen LogP contribution in [-0.2, 0) is 0 Å². The molecule has 0 atom stereocenters. The molecule has 0 radical (unpaired) electrons. The first-order chi connectivity index (χ1) is 35.2. The van der Waals surface area contributed by atoms with E-state index in [-0.39, 0.29) is 0 Å². The van der Waals surface area contributed by atoms with Crippen molar-refractivity contribution in [2.75, 3.05) is 0 Å². The Kier molecular flexibility index (Phi) is 9.23. The van der Waals surface area contributed by atoms with Crippen molar-refractivity contribution < 1.29 is 4.42 Å². The fraction of sp³-hybridized carbons (Fsp3) is 0. The first kappa shape index (κ1) is 40.4. The van der Waals surface area contributed by atoms with Gasteiger partial charge < -0.3 is 13.6 Å². The van der Waals surface area contributed by atoms with E-state index in [9.17, 15) is 5.26 Å². The smallest absolute Gasteiger partial charge is 0.162 e. The zero-order valence-corrected chi connectivity index (χ0v) is 38.4. The van der Waals surface area contributed by atoms with Crippen LogP contribution in [0.5, 0.6) is 0 Å². The highest BCUT2D eigenvalue weighted by Gasteiger charge is 2.28. The number of para-hydroxylation sites is 1. The fourth-order valence-electron chi connectivity index (χ4n) is 11.1. The van der Waals surface area contributed by atoms with Crippen LogP contribution in [0.15, 0.2) is 253 Å². The van der Waals surface area contributed by atoms with E-state index in [0.717, 1.165) is 127 Å². The van der Waals surface area contributed by atoms with Crippen LogP contribution in [0.2, 0.25) is 0 Å². The van der Waals surface area contributed by atoms with Gasteiger partial charge in [-0.05, 0) is 105 Å². The molecule has 0 bridgehead atoms. The van der Waals surface area contributed by atoms with E-state index >= 15 is 0 Å². The number of nitriles is 1. The molecule has 14 aromatic rings. The highest BCUT2D eigenvalue weighted by molar-refractivity contribution is 6.19. The van der Waals surface area contributed by atoms with Gasteiger partial charge in [0.1, 0.15) is 11.3 Å². The normalized spacial score (nSPS) is 11.6. The van der Waals surface area contributed by atoms with Crippen molar-refractivity contribution in [1.82, 2.24) is 9.13 Å². The van der Waals surface area contributed by atoms with E-state index in [4.69, 9.17) is 4.42 Å². The first-order valence-corrected chi connectivity index (χ1v) is 24.1. The van der Waals surface area contributed by atoms with Gasteiger partial charge in [-0.3, -0.25) is 0 Å². The van der Waals surface area contributed by atoms with E-state index in [2.05, 4.69) is 258 Å². The number of furan rings is 1. The lowest BCUT2D eigenvalue weighted by atomic mass is 10.00. The number of benzene rings is 11. The summed E-state index contributed by atoms with van der Waals surface area (Å²) in [4.78, 5) is 0. The summed E-state index contributed by atoms with van der Waals surface area (Å²) in [7, 11) is 0. The van der Waals surface area contributed by atoms with Crippen molar-refractivity contribution in [2.24, 2.45) is 0 Å². The summed E-state index contributed by atoms with van der Waals surface area (Å²) in [5, 5.41) is 17.5. The Balaban J connectivity index is 1.16. The number of hydrogen-bond donors (Lipinski definition) is 0. The van der Waals surface area contributed by atoms with E-state index < -0.39 is 0 Å². The van der Waals surface area contributed by atoms with Crippen molar-refractivity contribution in [3.8, 4) is 73.1 Å². The number of fused-ring (bicyclic) bond motifs is 9. The third-order valence-corrected chi connectivity index (χ3v) is 14.4. The van der Waals surface area contributed by atoms with Gasteiger partial charge in [0.2, 0.25) is 0 Å². The van der Waals surface area contributed by atoms with Crippen molar-refractivity contribution in [3.63, 3.8) is 0 Å². The summed E-state index contributed by atoms with van der Waals surface area (Å²) in [6.07, 6.45) is 0. The number of aromatic nitrogens is 2. The van der Waals surface area contributed by atoms with Crippen molar-refractivity contribution in [1.29, 1.82) is 5.26 Å². The molecule has 330 valence electrons. The van der Waals surface area contributed by atoms with E-state index in [1.54, 1.807) is 0 Å². The summed E-state index contributed by atoms with van der Waals surface area (Å²) >= 11 is 0. The number of nitrogens with zero attached hydrogens (tertiary/aromatic N) is 3. The molecule has 0 saturated carbocycles. The van der Waals surface area contributed by atoms with Crippen LogP contribution in [0.3, 0.4) is 0 Å². The van der Waals surface area contributed by atoms with Gasteiger partial charge >= 0.3 is 0 Å². The minimum atomic E-state index is 0.540. The largest absolute Gasteiger partial charge is 0.453 e. The highest BCUT2D eigenvalue weighted by Crippen LogP contribution is 2.48. The van der Waals surface area contributed by atoms with Crippen molar-refractivity contribution in [3.05, 3.63) is 254 Å². The zero-order valence-electron chi connectivity index (χ0n) is 38.4. The Morgan fingerprint density at radius 2 is 0.690 bits per heavy atom. The molecule has 0 aliphatic carbocycles. The molecule has 3 aromatic heterocycles. The summed E-state index contributed by atoms with van der Waals surface area (Å²) in [5.74, 6) is 0. The van der Waals surface area contributed by atoms with Gasteiger partial charge in [-0.2, -0.15) is 5.26 Å². The Bertz CT molecular complexity index is 4230. The van der Waals surface area contributed by atoms with Gasteiger partial charge in [0, 0.05) is 37.9 Å². The third kappa shape index (κ3) is 6.45. The van der Waals surface area contributed by atoms with Gasteiger partial charge in [0.25, 0.3) is 0 Å². The molecule has 4 heteroatoms. The Morgan fingerprint density at radius 3 is 1.08 bits per heavy atom. The summed E-state index contributed by atoms with van der Waals surface area (Å²) in [6.45, 7) is 0. The lowest BCUT2D eigenvalue weighted by Crippen LogP contribution is -2.05. The van der Waals surface area contributed by atoms with Gasteiger partial charge in [-0.15, -0.1) is 0 Å². The maximum atomic E-state index is 11.4. The monoisotopic (exact) mass is 903 g/mol. The minimum Gasteiger partial charge on any atom is -0.453 e. The molecule has 0 amide bonds. The highest BCUT2D eigenvalue weighted by atomic mass is 16.3. The molecule has 11 aromatic carbocycles. The Morgan fingerprint density at radius 1 is 0.310 bits per heavy atom. The van der Waals surface area contributed by atoms with Gasteiger partial charge in [-0.1, -0.05) is 194 Å². The molecule has 14 rings (SSSR count). The molecular weight excluding hydrogens is 863 g/mol. The second-order valence-corrected chi connectivity index (χ2v) is 18.3. The van der Waals surface area contributed by atoms with E-state index in [1.807, 2.05) is 6.07 Å². The summed E-state index contributed by atoms with van der Waals surface area (Å²) < 4.78 is 12.2. The molecule has 71 heavy (non-hydrogen) atoms. The van der Waals surface area contributed by atoms with Crippen LogP contribution in [0.1, 0.15) is 5.56 Å². The molecule has 4 nitrogen and oxygen atoms in total. The SMILES string of the molecule is N#Cc1cc(-n2c3ccc(-c4ccccc4)cc3c3cc(-c4ccccc4)ccc32)c(-n2c3ccc(-c4ccccc4)cc3c3cc(-c4ccccc4)ccc32)c2oc3c(-c4ccccc4)cccc3c12. The molecular formula is C67H41N3O. The first-order valence-electron chi connectivity index (χ1n) is 24.1. The average molecular weight is 904 g/mol. The van der Waals surface area contributed by atoms with Crippen LogP contribution in [0.25, 0.3) is 133 Å². The van der Waals surface area contributed by atoms with Crippen LogP contribution in [-0.4, -0.2) is 9.13 Å². The van der Waals surface area contributed by atoms with E-state index in [0.29, 0.717) is 11.1 Å². The topological polar surface area (TPSA) is 46.8 Å². The zero-order chi connectivity index (χ0) is 47.0. The maximum Gasteiger partial charge on any atom is 0.162 e. The van der Waals surface area contributed by atoms with Crippen LogP contribution in [0, 0.1) is 11.3 Å². The Labute approximate surface area is 409 Å². The standard InChI is InChI=1S/C67H41N3O/c68-42-52-41-63(69-59-33-29-48(43-17-6-1-7-18-43)37-55(59)56-38-49(30-34-60(56)69)44-19-8-2-9-20-44)65(67-64(52)54-28-16-27-53(66(54)71-67)47-25-14-5-15-26-47)70-61-35-31-50(45-21-10-3-11-22-45)39-57(61)58-40-51(32-36-62(58)70)46-23-12-4-13-24-46/h1-41H. The van der Waals surface area contributed by atoms with Crippen LogP contribution >= 0.6 is 0 Å². The maximum absolute atomic E-state index is 11.4. The second-order valence-electron chi connectivity index (χ2n) is 18.3. The van der Waals surface area contributed by atoms with Crippen molar-refractivity contribution in [2.45, 2.75) is 0 Å². The molecule has 0 aliphatic rings. The quantitative estimate of drug-likeness (QED) is 0.160. The van der Waals surface area contributed by atoms with Gasteiger partial charge in [0.05, 0.1) is 39.4 Å². The Hall–Kier alpha value is -9.69. The van der Waals surface area contributed by atoms with Gasteiger partial charge in [0.15, 0.2) is 5.58 Å². The minimum absolute atomic E-state index is 0.540. The fourth-order valence-corrected chi connectivity index (χ4v) is 11.1. The van der Waals surface area contributed by atoms with Crippen LogP contribution < -0.4 is 0 Å². The number of hydrogen-bond acceptors (Lipinski definition) is 2. The van der Waals surface area contributed by atoms with Gasteiger partial charge in [-0.25, -0.2) is 0 Å². The molecule has 0 spiro atoms. The van der Waals surface area contributed by atoms with Crippen molar-refractivity contribution >= 4 is 65.6 Å². The molecule has 0 N–H and O–H groups in total. The summed E-state index contributed by atoms with van der Waals surface area (Å²) in [5.41, 5.74) is 18.9. The summed E-state index contributed by atoms with van der Waals surface area (Å²) in [6, 6.07) is 91.1. The third-order valence-electron chi connectivity index (χ3n) is 14.4. The molecule has 0 saturated heterocycles. The molecule has 0 fully saturated rings.